The minimum Gasteiger partial charge on any atom is -0.359 e. The number of amides is 1. The van der Waals surface area contributed by atoms with E-state index in [-0.39, 0.29) is 17.8 Å². The molecule has 18 heavy (non-hydrogen) atoms. The van der Waals surface area contributed by atoms with E-state index in [4.69, 9.17) is 5.73 Å². The van der Waals surface area contributed by atoms with Crippen molar-refractivity contribution in [2.75, 3.05) is 27.2 Å². The number of hydrogen-bond donors (Lipinski definition) is 2. The van der Waals surface area contributed by atoms with Crippen molar-refractivity contribution in [1.29, 1.82) is 0 Å². The topological polar surface area (TPSA) is 58.4 Å². The third-order valence-corrected chi connectivity index (χ3v) is 2.99. The van der Waals surface area contributed by atoms with Crippen LogP contribution in [0.4, 0.5) is 4.39 Å². The zero-order chi connectivity index (χ0) is 13.5. The fourth-order valence-corrected chi connectivity index (χ4v) is 1.85. The van der Waals surface area contributed by atoms with Crippen LogP contribution < -0.4 is 11.1 Å². The molecule has 0 aliphatic rings. The second-order valence-electron chi connectivity index (χ2n) is 4.18. The smallest absolute Gasteiger partial charge is 0.221 e. The Labute approximate surface area is 107 Å². The fraction of sp³-hybridized carbons (Fsp3) is 0.462. The number of rotatable bonds is 6. The first-order valence-electron chi connectivity index (χ1n) is 5.95. The summed E-state index contributed by atoms with van der Waals surface area (Å²) >= 11 is 0. The summed E-state index contributed by atoms with van der Waals surface area (Å²) in [5.74, 6) is -0.300. The van der Waals surface area contributed by atoms with Gasteiger partial charge in [0.1, 0.15) is 5.82 Å². The van der Waals surface area contributed by atoms with E-state index >= 15 is 0 Å². The summed E-state index contributed by atoms with van der Waals surface area (Å²) in [5, 5.41) is 2.56. The average molecular weight is 253 g/mol. The lowest BCUT2D eigenvalue weighted by Gasteiger charge is -2.27. The highest BCUT2D eigenvalue weighted by molar-refractivity contribution is 5.75. The van der Waals surface area contributed by atoms with Gasteiger partial charge in [0.15, 0.2) is 0 Å². The van der Waals surface area contributed by atoms with Gasteiger partial charge in [0.25, 0.3) is 0 Å². The number of nitrogens with one attached hydrogen (secondary N) is 1. The summed E-state index contributed by atoms with van der Waals surface area (Å²) < 4.78 is 13.7. The molecule has 0 heterocycles. The van der Waals surface area contributed by atoms with Gasteiger partial charge < -0.3 is 11.1 Å². The minimum atomic E-state index is -0.264. The Morgan fingerprint density at radius 3 is 2.72 bits per heavy atom. The highest BCUT2D eigenvalue weighted by atomic mass is 19.1. The highest BCUT2D eigenvalue weighted by Gasteiger charge is 2.18. The van der Waals surface area contributed by atoms with Gasteiger partial charge in [-0.3, -0.25) is 9.69 Å². The lowest BCUT2D eigenvalue weighted by Crippen LogP contribution is -2.34. The Kier molecular flexibility index (Phi) is 5.74. The van der Waals surface area contributed by atoms with Gasteiger partial charge in [0, 0.05) is 38.2 Å². The molecule has 1 aromatic rings. The average Bonchev–Trinajstić information content (AvgIpc) is 2.39. The molecule has 0 saturated carbocycles. The Balaban J connectivity index is 2.71. The van der Waals surface area contributed by atoms with E-state index in [1.807, 2.05) is 11.9 Å². The van der Waals surface area contributed by atoms with Gasteiger partial charge in [-0.05, 0) is 13.1 Å². The number of nitrogens with zero attached hydrogens (tertiary/aromatic N) is 1. The Morgan fingerprint density at radius 2 is 2.17 bits per heavy atom. The number of halogens is 1. The third kappa shape index (κ3) is 3.78. The van der Waals surface area contributed by atoms with Crippen LogP contribution in [0.2, 0.25) is 0 Å². The van der Waals surface area contributed by atoms with Crippen LogP contribution in [0.5, 0.6) is 0 Å². The van der Waals surface area contributed by atoms with Gasteiger partial charge >= 0.3 is 0 Å². The second-order valence-corrected chi connectivity index (χ2v) is 4.18. The van der Waals surface area contributed by atoms with Gasteiger partial charge in [-0.15, -0.1) is 0 Å². The molecule has 1 aromatic carbocycles. The predicted molar refractivity (Wildman–Crippen MR) is 69.5 cm³/mol. The van der Waals surface area contributed by atoms with Crippen LogP contribution in [0.3, 0.4) is 0 Å². The molecule has 1 unspecified atom stereocenters. The van der Waals surface area contributed by atoms with Crippen LogP contribution in [-0.2, 0) is 4.79 Å². The number of benzene rings is 1. The molecule has 1 amide bonds. The molecule has 0 bridgehead atoms. The van der Waals surface area contributed by atoms with Gasteiger partial charge in [-0.1, -0.05) is 18.2 Å². The van der Waals surface area contributed by atoms with Gasteiger partial charge in [0.2, 0.25) is 5.91 Å². The van der Waals surface area contributed by atoms with Crippen molar-refractivity contribution < 1.29 is 9.18 Å². The van der Waals surface area contributed by atoms with Crippen molar-refractivity contribution in [1.82, 2.24) is 10.2 Å². The first kappa shape index (κ1) is 14.6. The van der Waals surface area contributed by atoms with Crippen molar-refractivity contribution in [3.63, 3.8) is 0 Å². The molecule has 0 aliphatic heterocycles. The van der Waals surface area contributed by atoms with Gasteiger partial charge in [0.05, 0.1) is 0 Å². The first-order valence-corrected chi connectivity index (χ1v) is 5.95. The van der Waals surface area contributed by atoms with Crippen molar-refractivity contribution in [2.45, 2.75) is 12.5 Å². The Morgan fingerprint density at radius 1 is 1.50 bits per heavy atom. The minimum absolute atomic E-state index is 0.0360. The zero-order valence-electron chi connectivity index (χ0n) is 10.8. The van der Waals surface area contributed by atoms with Gasteiger partial charge in [-0.25, -0.2) is 4.39 Å². The van der Waals surface area contributed by atoms with Crippen molar-refractivity contribution in [3.8, 4) is 0 Å². The van der Waals surface area contributed by atoms with E-state index in [0.717, 1.165) is 0 Å². The van der Waals surface area contributed by atoms with Crippen LogP contribution in [0, 0.1) is 5.82 Å². The van der Waals surface area contributed by atoms with E-state index in [9.17, 15) is 9.18 Å². The maximum Gasteiger partial charge on any atom is 0.221 e. The van der Waals surface area contributed by atoms with Crippen molar-refractivity contribution in [3.05, 3.63) is 35.6 Å². The molecule has 0 radical (unpaired) electrons. The molecule has 0 aromatic heterocycles. The summed E-state index contributed by atoms with van der Waals surface area (Å²) in [6.45, 7) is 0.848. The van der Waals surface area contributed by atoms with Crippen molar-refractivity contribution >= 4 is 5.91 Å². The number of likely N-dealkylation sites (N-methyl/N-ethyl adjacent to an activating group) is 1. The normalized spacial score (nSPS) is 12.5. The second kappa shape index (κ2) is 7.08. The molecule has 0 fully saturated rings. The Hall–Kier alpha value is -1.46. The Bertz CT molecular complexity index is 398. The molecule has 5 heteroatoms. The maximum absolute atomic E-state index is 13.7. The monoisotopic (exact) mass is 253 g/mol. The summed E-state index contributed by atoms with van der Waals surface area (Å²) in [5.41, 5.74) is 6.27. The van der Waals surface area contributed by atoms with Crippen LogP contribution in [0.25, 0.3) is 0 Å². The number of carbonyl (C=O) groups excluding carboxylic acids is 1. The van der Waals surface area contributed by atoms with Gasteiger partial charge in [-0.2, -0.15) is 0 Å². The van der Waals surface area contributed by atoms with E-state index in [0.29, 0.717) is 25.1 Å². The van der Waals surface area contributed by atoms with Crippen LogP contribution in [0.15, 0.2) is 24.3 Å². The first-order chi connectivity index (χ1) is 8.60. The fourth-order valence-electron chi connectivity index (χ4n) is 1.85. The van der Waals surface area contributed by atoms with Crippen LogP contribution in [0.1, 0.15) is 18.0 Å². The van der Waals surface area contributed by atoms with E-state index < -0.39 is 0 Å². The molecular formula is C13H20FN3O. The zero-order valence-corrected chi connectivity index (χ0v) is 10.8. The molecule has 4 nitrogen and oxygen atoms in total. The molecule has 1 atom stereocenters. The predicted octanol–water partition coefficient (Wildman–Crippen LogP) is 0.893. The van der Waals surface area contributed by atoms with E-state index in [1.54, 1.807) is 25.2 Å². The van der Waals surface area contributed by atoms with Crippen LogP contribution >= 0.6 is 0 Å². The van der Waals surface area contributed by atoms with Crippen LogP contribution in [-0.4, -0.2) is 38.0 Å². The number of hydrogen-bond acceptors (Lipinski definition) is 3. The standard InChI is InChI=1S/C13H20FN3O/c1-16-13(18)7-8-17(2)12(9-15)10-5-3-4-6-11(10)14/h3-6,12H,7-9,15H2,1-2H3,(H,16,18). The molecule has 0 aliphatic carbocycles. The SMILES string of the molecule is CNC(=O)CCN(C)C(CN)c1ccccc1F. The molecule has 1 rings (SSSR count). The van der Waals surface area contributed by atoms with E-state index in [1.165, 1.54) is 6.07 Å². The molecular weight excluding hydrogens is 233 g/mol. The largest absolute Gasteiger partial charge is 0.359 e. The summed E-state index contributed by atoms with van der Waals surface area (Å²) in [7, 11) is 3.44. The molecule has 0 spiro atoms. The van der Waals surface area contributed by atoms with Crippen molar-refractivity contribution in [2.24, 2.45) is 5.73 Å². The lowest BCUT2D eigenvalue weighted by atomic mass is 10.0. The highest BCUT2D eigenvalue weighted by Crippen LogP contribution is 2.21. The quantitative estimate of drug-likeness (QED) is 0.791. The summed E-state index contributed by atoms with van der Waals surface area (Å²) in [4.78, 5) is 13.1. The third-order valence-electron chi connectivity index (χ3n) is 2.99. The number of carbonyl (C=O) groups is 1. The van der Waals surface area contributed by atoms with E-state index in [2.05, 4.69) is 5.32 Å². The summed E-state index contributed by atoms with van der Waals surface area (Å²) in [6.07, 6.45) is 0.373. The number of nitrogens with two attached hydrogens (primary N) is 1. The summed E-state index contributed by atoms with van der Waals surface area (Å²) in [6, 6.07) is 6.37. The molecule has 3 N–H and O–H groups in total. The molecule has 100 valence electrons. The lowest BCUT2D eigenvalue weighted by molar-refractivity contribution is -0.120. The maximum atomic E-state index is 13.7. The molecule has 0 saturated heterocycles.